The first-order chi connectivity index (χ1) is 12.8. The molecule has 0 radical (unpaired) electrons. The van der Waals surface area contributed by atoms with E-state index in [1.807, 2.05) is 27.7 Å². The molecule has 0 spiro atoms. The average Bonchev–Trinajstić information content (AvgIpc) is 2.71. The number of carbonyl (C=O) groups excluding carboxylic acids is 1. The highest BCUT2D eigenvalue weighted by Gasteiger charge is 2.30. The van der Waals surface area contributed by atoms with E-state index < -0.39 is 19.1 Å². The number of carboxylic acid groups (broad SMARTS) is 1. The molecule has 9 heteroatoms. The minimum atomic E-state index is -1.12. The molecule has 8 N–H and O–H groups in total. The molecular formula is C18H44BN3O5. The van der Waals surface area contributed by atoms with E-state index in [9.17, 15) is 9.59 Å². The fourth-order valence-electron chi connectivity index (χ4n) is 2.17. The second-order valence-electron chi connectivity index (χ2n) is 5.41. The highest BCUT2D eigenvalue weighted by molar-refractivity contribution is 6.40. The van der Waals surface area contributed by atoms with Crippen molar-refractivity contribution < 1.29 is 24.7 Å². The highest BCUT2D eigenvalue weighted by atomic mass is 16.4. The lowest BCUT2D eigenvalue weighted by molar-refractivity contribution is -0.145. The van der Waals surface area contributed by atoms with Crippen LogP contribution in [0.25, 0.3) is 0 Å². The summed E-state index contributed by atoms with van der Waals surface area (Å²) in [6, 6.07) is -0.535. The SMILES string of the molecule is CC.CC.CC(N)C(=O)NCC1CCCCC1C(=O)O.CCB(O)O.CN. The number of carboxylic acids is 1. The first-order valence-corrected chi connectivity index (χ1v) is 9.99. The molecular weight excluding hydrogens is 349 g/mol. The van der Waals surface area contributed by atoms with Crippen molar-refractivity contribution in [2.75, 3.05) is 13.6 Å². The predicted octanol–water partition coefficient (Wildman–Crippen LogP) is 1.45. The first kappa shape index (κ1) is 33.4. The van der Waals surface area contributed by atoms with Crippen molar-refractivity contribution in [3.8, 4) is 0 Å². The third-order valence-electron chi connectivity index (χ3n) is 3.54. The van der Waals surface area contributed by atoms with Crippen LogP contribution in [0.2, 0.25) is 6.32 Å². The Balaban J connectivity index is -0.000000202. The van der Waals surface area contributed by atoms with Crippen LogP contribution in [0.4, 0.5) is 0 Å². The number of rotatable bonds is 5. The Morgan fingerprint density at radius 3 is 1.85 bits per heavy atom. The standard InChI is InChI=1S/C11H20N2O3.C2H7BO2.2C2H6.CH5N/c1-7(12)10(14)13-6-8-4-2-3-5-9(8)11(15)16;1-2-3(4)5;3*1-2/h7-9H,2-6,12H2,1H3,(H,13,14)(H,15,16);4-5H,2H2,1H3;2*1-2H3;2H2,1H3. The van der Waals surface area contributed by atoms with E-state index in [0.29, 0.717) is 19.3 Å². The van der Waals surface area contributed by atoms with Crippen molar-refractivity contribution in [3.63, 3.8) is 0 Å². The van der Waals surface area contributed by atoms with E-state index in [0.717, 1.165) is 19.3 Å². The molecule has 3 unspecified atom stereocenters. The van der Waals surface area contributed by atoms with E-state index in [1.165, 1.54) is 7.05 Å². The topological polar surface area (TPSA) is 159 Å². The molecule has 0 aliphatic heterocycles. The molecule has 0 heterocycles. The van der Waals surface area contributed by atoms with E-state index in [1.54, 1.807) is 13.8 Å². The van der Waals surface area contributed by atoms with Crippen molar-refractivity contribution in [1.29, 1.82) is 0 Å². The summed E-state index contributed by atoms with van der Waals surface area (Å²) in [5, 5.41) is 27.6. The van der Waals surface area contributed by atoms with Gasteiger partial charge < -0.3 is 31.9 Å². The lowest BCUT2D eigenvalue weighted by Gasteiger charge is -2.28. The molecule has 0 aromatic rings. The molecule has 8 nitrogen and oxygen atoms in total. The maximum absolute atomic E-state index is 11.3. The van der Waals surface area contributed by atoms with E-state index in [2.05, 4.69) is 11.1 Å². The maximum Gasteiger partial charge on any atom is 0.451 e. The lowest BCUT2D eigenvalue weighted by atomic mass is 9.79. The van der Waals surface area contributed by atoms with Crippen LogP contribution in [0.1, 0.15) is 67.2 Å². The van der Waals surface area contributed by atoms with Gasteiger partial charge in [-0.1, -0.05) is 47.5 Å². The monoisotopic (exact) mass is 393 g/mol. The van der Waals surface area contributed by atoms with Gasteiger partial charge in [-0.25, -0.2) is 0 Å². The zero-order valence-corrected chi connectivity index (χ0v) is 18.4. The fraction of sp³-hybridized carbons (Fsp3) is 0.889. The molecule has 1 aliphatic rings. The second kappa shape index (κ2) is 24.8. The summed E-state index contributed by atoms with van der Waals surface area (Å²) < 4.78 is 0. The quantitative estimate of drug-likeness (QED) is 0.386. The van der Waals surface area contributed by atoms with Crippen LogP contribution in [0.15, 0.2) is 0 Å². The molecule has 1 fully saturated rings. The molecule has 0 aromatic carbocycles. The van der Waals surface area contributed by atoms with Gasteiger partial charge in [-0.2, -0.15) is 0 Å². The van der Waals surface area contributed by atoms with Crippen LogP contribution in [0, 0.1) is 11.8 Å². The van der Waals surface area contributed by atoms with Crippen LogP contribution < -0.4 is 16.8 Å². The Morgan fingerprint density at radius 1 is 1.11 bits per heavy atom. The molecule has 1 amide bonds. The summed E-state index contributed by atoms with van der Waals surface area (Å²) in [6.07, 6.45) is 4.02. The zero-order valence-electron chi connectivity index (χ0n) is 18.4. The number of aliphatic carboxylic acids is 1. The number of hydrogen-bond acceptors (Lipinski definition) is 6. The Kier molecular flexibility index (Phi) is 30.8. The van der Waals surface area contributed by atoms with Crippen molar-refractivity contribution in [2.45, 2.75) is 79.6 Å². The molecule has 164 valence electrons. The summed E-state index contributed by atoms with van der Waals surface area (Å²) in [4.78, 5) is 22.3. The Labute approximate surface area is 166 Å². The molecule has 1 saturated carbocycles. The summed E-state index contributed by atoms with van der Waals surface area (Å²) in [6.45, 7) is 11.7. The molecule has 1 aliphatic carbocycles. The molecule has 0 bridgehead atoms. The van der Waals surface area contributed by atoms with Gasteiger partial charge in [0.05, 0.1) is 12.0 Å². The molecule has 0 aromatic heterocycles. The largest absolute Gasteiger partial charge is 0.481 e. The zero-order chi connectivity index (χ0) is 22.4. The molecule has 3 atom stereocenters. The number of carbonyl (C=O) groups is 2. The molecule has 27 heavy (non-hydrogen) atoms. The van der Waals surface area contributed by atoms with Crippen LogP contribution in [-0.4, -0.2) is 53.8 Å². The van der Waals surface area contributed by atoms with Crippen LogP contribution >= 0.6 is 0 Å². The minimum absolute atomic E-state index is 0.0500. The number of hydrogen-bond donors (Lipinski definition) is 6. The highest BCUT2D eigenvalue weighted by Crippen LogP contribution is 2.29. The maximum atomic E-state index is 11.3. The van der Waals surface area contributed by atoms with Gasteiger partial charge in [-0.05, 0) is 39.1 Å². The van der Waals surface area contributed by atoms with E-state index >= 15 is 0 Å². The van der Waals surface area contributed by atoms with Gasteiger partial charge in [0.25, 0.3) is 0 Å². The Bertz CT molecular complexity index is 332. The normalized spacial score (nSPS) is 18.2. The number of nitrogens with two attached hydrogens (primary N) is 2. The number of amides is 1. The van der Waals surface area contributed by atoms with Gasteiger partial charge in [-0.3, -0.25) is 9.59 Å². The van der Waals surface area contributed by atoms with E-state index in [-0.39, 0.29) is 17.7 Å². The summed E-state index contributed by atoms with van der Waals surface area (Å²) in [7, 11) is 0.384. The predicted molar refractivity (Wildman–Crippen MR) is 113 cm³/mol. The van der Waals surface area contributed by atoms with E-state index in [4.69, 9.17) is 20.9 Å². The van der Waals surface area contributed by atoms with Crippen molar-refractivity contribution in [3.05, 3.63) is 0 Å². The van der Waals surface area contributed by atoms with Gasteiger partial charge >= 0.3 is 13.1 Å². The molecule has 0 saturated heterocycles. The minimum Gasteiger partial charge on any atom is -0.481 e. The molecule has 1 rings (SSSR count). The average molecular weight is 393 g/mol. The first-order valence-electron chi connectivity index (χ1n) is 9.99. The van der Waals surface area contributed by atoms with Gasteiger partial charge in [0.15, 0.2) is 0 Å². The van der Waals surface area contributed by atoms with Gasteiger partial charge in [0.2, 0.25) is 5.91 Å². The van der Waals surface area contributed by atoms with Crippen LogP contribution in [-0.2, 0) is 9.59 Å². The summed E-state index contributed by atoms with van der Waals surface area (Å²) in [5.74, 6) is -1.23. The smallest absolute Gasteiger partial charge is 0.451 e. The van der Waals surface area contributed by atoms with Gasteiger partial charge in [-0.15, -0.1) is 0 Å². The second-order valence-corrected chi connectivity index (χ2v) is 5.41. The van der Waals surface area contributed by atoms with Crippen molar-refractivity contribution in [2.24, 2.45) is 23.3 Å². The Morgan fingerprint density at radius 2 is 1.52 bits per heavy atom. The lowest BCUT2D eigenvalue weighted by Crippen LogP contribution is -2.43. The third kappa shape index (κ3) is 21.0. The van der Waals surface area contributed by atoms with Crippen molar-refractivity contribution in [1.82, 2.24) is 5.32 Å². The summed E-state index contributed by atoms with van der Waals surface area (Å²) in [5.41, 5.74) is 9.92. The van der Waals surface area contributed by atoms with Crippen LogP contribution in [0.3, 0.4) is 0 Å². The van der Waals surface area contributed by atoms with Gasteiger partial charge in [0.1, 0.15) is 0 Å². The Hall–Kier alpha value is -1.16. The van der Waals surface area contributed by atoms with Gasteiger partial charge in [0, 0.05) is 6.54 Å². The van der Waals surface area contributed by atoms with Crippen LogP contribution in [0.5, 0.6) is 0 Å². The summed E-state index contributed by atoms with van der Waals surface area (Å²) >= 11 is 0. The fourth-order valence-corrected chi connectivity index (χ4v) is 2.17. The number of nitrogens with one attached hydrogen (secondary N) is 1. The third-order valence-corrected chi connectivity index (χ3v) is 3.54. The van der Waals surface area contributed by atoms with Crippen molar-refractivity contribution >= 4 is 19.0 Å².